The van der Waals surface area contributed by atoms with Gasteiger partial charge in [0.15, 0.2) is 0 Å². The molecule has 1 saturated heterocycles. The van der Waals surface area contributed by atoms with E-state index in [0.29, 0.717) is 12.4 Å². The predicted molar refractivity (Wildman–Crippen MR) is 100 cm³/mol. The molecule has 2 amide bonds. The Labute approximate surface area is 160 Å². The van der Waals surface area contributed by atoms with Gasteiger partial charge in [-0.1, -0.05) is 6.07 Å². The fraction of sp³-hybridized carbons (Fsp3) is 0.650. The van der Waals surface area contributed by atoms with Crippen molar-refractivity contribution in [2.45, 2.75) is 56.3 Å². The van der Waals surface area contributed by atoms with Crippen molar-refractivity contribution in [1.29, 1.82) is 0 Å². The predicted octanol–water partition coefficient (Wildman–Crippen LogP) is 1.87. The molecule has 1 aromatic heterocycles. The van der Waals surface area contributed by atoms with Crippen molar-refractivity contribution in [3.8, 4) is 5.88 Å². The molecule has 27 heavy (non-hydrogen) atoms. The van der Waals surface area contributed by atoms with Crippen molar-refractivity contribution in [3.05, 3.63) is 24.4 Å². The minimum Gasteiger partial charge on any atom is -0.474 e. The summed E-state index contributed by atoms with van der Waals surface area (Å²) in [6.07, 6.45) is 5.47. The SMILES string of the molecule is CO[C@@]12CCC(Oc3ccccn3)CC1N(C(=O)CCC(=O)N(C)C)CC2. The van der Waals surface area contributed by atoms with Gasteiger partial charge in [0.2, 0.25) is 17.7 Å². The third-order valence-electron chi connectivity index (χ3n) is 5.84. The minimum atomic E-state index is -0.300. The summed E-state index contributed by atoms with van der Waals surface area (Å²) in [6, 6.07) is 5.59. The highest BCUT2D eigenvalue weighted by Crippen LogP contribution is 2.43. The van der Waals surface area contributed by atoms with Crippen LogP contribution in [-0.2, 0) is 14.3 Å². The van der Waals surface area contributed by atoms with Gasteiger partial charge in [-0.3, -0.25) is 9.59 Å². The number of methoxy groups -OCH3 is 1. The molecule has 148 valence electrons. The summed E-state index contributed by atoms with van der Waals surface area (Å²) in [7, 11) is 5.15. The van der Waals surface area contributed by atoms with Gasteiger partial charge in [-0.15, -0.1) is 0 Å². The molecule has 3 atom stereocenters. The first-order valence-corrected chi connectivity index (χ1v) is 9.57. The molecule has 2 heterocycles. The fourth-order valence-electron chi connectivity index (χ4n) is 4.24. The number of carbonyl (C=O) groups excluding carboxylic acids is 2. The number of aromatic nitrogens is 1. The second kappa shape index (κ2) is 8.25. The molecule has 1 aliphatic carbocycles. The van der Waals surface area contributed by atoms with Crippen LogP contribution >= 0.6 is 0 Å². The lowest BCUT2D eigenvalue weighted by atomic mass is 9.79. The standard InChI is InChI=1S/C20H29N3O4/c1-22(2)18(24)7-8-19(25)23-13-11-20(26-3)10-9-15(14-16(20)23)27-17-6-4-5-12-21-17/h4-6,12,15-16H,7-11,13-14H2,1-3H3/t15?,16?,20-/m1/s1. The van der Waals surface area contributed by atoms with E-state index >= 15 is 0 Å². The molecule has 2 aliphatic rings. The summed E-state index contributed by atoms with van der Waals surface area (Å²) in [4.78, 5) is 32.3. The maximum atomic E-state index is 12.8. The van der Waals surface area contributed by atoms with E-state index in [9.17, 15) is 9.59 Å². The van der Waals surface area contributed by atoms with Gasteiger partial charge < -0.3 is 19.3 Å². The van der Waals surface area contributed by atoms with Crippen LogP contribution in [0.1, 0.15) is 38.5 Å². The summed E-state index contributed by atoms with van der Waals surface area (Å²) in [5, 5.41) is 0. The molecule has 0 N–H and O–H groups in total. The van der Waals surface area contributed by atoms with Gasteiger partial charge in [-0.05, 0) is 25.3 Å². The summed E-state index contributed by atoms with van der Waals surface area (Å²) in [5.74, 6) is 0.605. The van der Waals surface area contributed by atoms with Gasteiger partial charge in [0.05, 0.1) is 11.6 Å². The zero-order valence-corrected chi connectivity index (χ0v) is 16.4. The van der Waals surface area contributed by atoms with E-state index in [1.165, 1.54) is 4.90 Å². The molecule has 2 fully saturated rings. The molecular formula is C20H29N3O4. The van der Waals surface area contributed by atoms with Gasteiger partial charge >= 0.3 is 0 Å². The number of rotatable bonds is 6. The smallest absolute Gasteiger partial charge is 0.223 e. The summed E-state index contributed by atoms with van der Waals surface area (Å²) in [5.41, 5.74) is -0.300. The third kappa shape index (κ3) is 4.24. The van der Waals surface area contributed by atoms with Crippen LogP contribution in [-0.4, -0.2) is 72.1 Å². The lowest BCUT2D eigenvalue weighted by Crippen LogP contribution is -2.53. The van der Waals surface area contributed by atoms with Crippen LogP contribution in [0.5, 0.6) is 5.88 Å². The third-order valence-corrected chi connectivity index (χ3v) is 5.84. The van der Waals surface area contributed by atoms with Crippen LogP contribution in [0.15, 0.2) is 24.4 Å². The largest absolute Gasteiger partial charge is 0.474 e. The molecule has 0 spiro atoms. The Balaban J connectivity index is 1.66. The number of amides is 2. The number of ether oxygens (including phenoxy) is 2. The molecule has 0 aromatic carbocycles. The summed E-state index contributed by atoms with van der Waals surface area (Å²) in [6.45, 7) is 0.670. The van der Waals surface area contributed by atoms with Gasteiger partial charge in [0.25, 0.3) is 0 Å². The van der Waals surface area contributed by atoms with E-state index in [0.717, 1.165) is 25.7 Å². The first-order valence-electron chi connectivity index (χ1n) is 9.57. The van der Waals surface area contributed by atoms with Crippen molar-refractivity contribution in [2.24, 2.45) is 0 Å². The quantitative estimate of drug-likeness (QED) is 0.759. The maximum Gasteiger partial charge on any atom is 0.223 e. The molecule has 1 aliphatic heterocycles. The molecule has 1 aromatic rings. The monoisotopic (exact) mass is 375 g/mol. The number of hydrogen-bond acceptors (Lipinski definition) is 5. The van der Waals surface area contributed by atoms with Gasteiger partial charge in [0.1, 0.15) is 6.10 Å². The Morgan fingerprint density at radius 3 is 2.78 bits per heavy atom. The van der Waals surface area contributed by atoms with Crippen LogP contribution in [0.2, 0.25) is 0 Å². The highest BCUT2D eigenvalue weighted by molar-refractivity contribution is 5.84. The fourth-order valence-corrected chi connectivity index (χ4v) is 4.24. The van der Waals surface area contributed by atoms with Crippen LogP contribution in [0.3, 0.4) is 0 Å². The van der Waals surface area contributed by atoms with E-state index in [2.05, 4.69) is 4.98 Å². The highest BCUT2D eigenvalue weighted by atomic mass is 16.5. The maximum absolute atomic E-state index is 12.8. The summed E-state index contributed by atoms with van der Waals surface area (Å²) < 4.78 is 12.0. The number of likely N-dealkylation sites (tertiary alicyclic amines) is 1. The molecule has 7 heteroatoms. The number of fused-ring (bicyclic) bond motifs is 1. The first kappa shape index (κ1) is 19.6. The number of carbonyl (C=O) groups is 2. The normalized spacial score (nSPS) is 27.1. The van der Waals surface area contributed by atoms with E-state index in [4.69, 9.17) is 9.47 Å². The first-order chi connectivity index (χ1) is 12.9. The van der Waals surface area contributed by atoms with E-state index in [1.807, 2.05) is 23.1 Å². The average molecular weight is 375 g/mol. The molecule has 1 saturated carbocycles. The van der Waals surface area contributed by atoms with Gasteiger partial charge in [0, 0.05) is 59.3 Å². The van der Waals surface area contributed by atoms with Crippen molar-refractivity contribution < 1.29 is 19.1 Å². The van der Waals surface area contributed by atoms with E-state index < -0.39 is 0 Å². The van der Waals surface area contributed by atoms with E-state index in [1.54, 1.807) is 27.4 Å². The highest BCUT2D eigenvalue weighted by Gasteiger charge is 2.52. The molecule has 2 unspecified atom stereocenters. The number of hydrogen-bond donors (Lipinski definition) is 0. The van der Waals surface area contributed by atoms with Crippen molar-refractivity contribution in [2.75, 3.05) is 27.7 Å². The second-order valence-corrected chi connectivity index (χ2v) is 7.59. The molecule has 3 rings (SSSR count). The van der Waals surface area contributed by atoms with Gasteiger partial charge in [-0.25, -0.2) is 4.98 Å². The summed E-state index contributed by atoms with van der Waals surface area (Å²) >= 11 is 0. The molecular weight excluding hydrogens is 346 g/mol. The number of pyridine rings is 1. The molecule has 0 radical (unpaired) electrons. The van der Waals surface area contributed by atoms with Crippen LogP contribution in [0, 0.1) is 0 Å². The Hall–Kier alpha value is -2.15. The van der Waals surface area contributed by atoms with Crippen LogP contribution in [0.25, 0.3) is 0 Å². The lowest BCUT2D eigenvalue weighted by Gasteiger charge is -2.43. The molecule has 0 bridgehead atoms. The second-order valence-electron chi connectivity index (χ2n) is 7.59. The van der Waals surface area contributed by atoms with Crippen LogP contribution in [0.4, 0.5) is 0 Å². The Morgan fingerprint density at radius 2 is 2.11 bits per heavy atom. The van der Waals surface area contributed by atoms with Crippen molar-refractivity contribution in [1.82, 2.24) is 14.8 Å². The zero-order chi connectivity index (χ0) is 19.4. The number of nitrogens with zero attached hydrogens (tertiary/aromatic N) is 3. The Kier molecular flexibility index (Phi) is 5.99. The molecule has 7 nitrogen and oxygen atoms in total. The van der Waals surface area contributed by atoms with Crippen LogP contribution < -0.4 is 4.74 Å². The Morgan fingerprint density at radius 1 is 1.30 bits per heavy atom. The van der Waals surface area contributed by atoms with E-state index in [-0.39, 0.29) is 42.4 Å². The van der Waals surface area contributed by atoms with Crippen molar-refractivity contribution >= 4 is 11.8 Å². The Bertz CT molecular complexity index is 666. The zero-order valence-electron chi connectivity index (χ0n) is 16.4. The topological polar surface area (TPSA) is 72.0 Å². The van der Waals surface area contributed by atoms with Crippen molar-refractivity contribution in [3.63, 3.8) is 0 Å². The average Bonchev–Trinajstić information content (AvgIpc) is 3.06. The lowest BCUT2D eigenvalue weighted by molar-refractivity contribution is -0.141. The minimum absolute atomic E-state index is 0.00461. The van der Waals surface area contributed by atoms with Gasteiger partial charge in [-0.2, -0.15) is 0 Å².